The van der Waals surface area contributed by atoms with E-state index in [9.17, 15) is 27.2 Å². The van der Waals surface area contributed by atoms with Crippen LogP contribution in [0, 0.1) is 17.0 Å². The van der Waals surface area contributed by atoms with Gasteiger partial charge in [0.15, 0.2) is 5.82 Å². The minimum Gasteiger partial charge on any atom is -0.351 e. The quantitative estimate of drug-likeness (QED) is 0.516. The van der Waals surface area contributed by atoms with Crippen LogP contribution in [0.1, 0.15) is 31.9 Å². The molecule has 1 heterocycles. The van der Waals surface area contributed by atoms with E-state index in [1.54, 1.807) is 20.8 Å². The number of amides is 1. The van der Waals surface area contributed by atoms with Gasteiger partial charge in [-0.1, -0.05) is 38.4 Å². The second-order valence-corrected chi connectivity index (χ2v) is 8.59. The van der Waals surface area contributed by atoms with Gasteiger partial charge >= 0.3 is 11.9 Å². The fourth-order valence-corrected chi connectivity index (χ4v) is 3.10. The van der Waals surface area contributed by atoms with E-state index >= 15 is 4.39 Å². The summed E-state index contributed by atoms with van der Waals surface area (Å²) in [5.74, 6) is -3.11. The van der Waals surface area contributed by atoms with E-state index in [1.807, 2.05) is 0 Å². The number of rotatable bonds is 4. The van der Waals surface area contributed by atoms with Crippen molar-refractivity contribution in [2.45, 2.75) is 33.5 Å². The van der Waals surface area contributed by atoms with Crippen LogP contribution in [0.15, 0.2) is 35.1 Å². The first-order valence-corrected chi connectivity index (χ1v) is 9.90. The highest BCUT2D eigenvalue weighted by Gasteiger charge is 2.34. The average Bonchev–Trinajstić information content (AvgIpc) is 3.06. The molecule has 0 radical (unpaired) electrons. The number of aromatic amines is 1. The molecule has 0 unspecified atom stereocenters. The van der Waals surface area contributed by atoms with E-state index in [0.29, 0.717) is 16.8 Å². The maximum atomic E-state index is 15.2. The Balaban J connectivity index is 1.99. The topological polar surface area (TPSA) is 79.8 Å². The van der Waals surface area contributed by atoms with Gasteiger partial charge in [-0.2, -0.15) is 17.9 Å². The predicted molar refractivity (Wildman–Crippen MR) is 111 cm³/mol. The van der Waals surface area contributed by atoms with Crippen molar-refractivity contribution in [3.8, 4) is 17.1 Å². The molecule has 12 heteroatoms. The van der Waals surface area contributed by atoms with Crippen molar-refractivity contribution in [2.75, 3.05) is 0 Å². The highest BCUT2D eigenvalue weighted by Crippen LogP contribution is 2.33. The maximum Gasteiger partial charge on any atom is 0.419 e. The molecule has 2 aromatic carbocycles. The van der Waals surface area contributed by atoms with Crippen LogP contribution in [0.3, 0.4) is 0 Å². The number of benzene rings is 2. The van der Waals surface area contributed by atoms with Crippen molar-refractivity contribution in [1.82, 2.24) is 20.1 Å². The summed E-state index contributed by atoms with van der Waals surface area (Å²) in [6.07, 6.45) is -4.91. The highest BCUT2D eigenvalue weighted by atomic mass is 35.5. The molecule has 0 aliphatic rings. The Morgan fingerprint density at radius 1 is 1.15 bits per heavy atom. The Bertz CT molecular complexity index is 1280. The number of carbonyl (C=O) groups is 1. The molecule has 0 bridgehead atoms. The average molecular weight is 489 g/mol. The van der Waals surface area contributed by atoms with E-state index in [4.69, 9.17) is 11.6 Å². The zero-order valence-corrected chi connectivity index (χ0v) is 18.3. The number of halogens is 6. The fourth-order valence-electron chi connectivity index (χ4n) is 2.87. The molecule has 0 spiro atoms. The first-order valence-electron chi connectivity index (χ1n) is 9.52. The van der Waals surface area contributed by atoms with Crippen LogP contribution in [0.2, 0.25) is 5.02 Å². The van der Waals surface area contributed by atoms with Crippen LogP contribution < -0.4 is 11.0 Å². The van der Waals surface area contributed by atoms with Gasteiger partial charge in [-0.05, 0) is 18.2 Å². The third-order valence-electron chi connectivity index (χ3n) is 4.65. The van der Waals surface area contributed by atoms with Gasteiger partial charge in [0.25, 0.3) is 0 Å². The summed E-state index contributed by atoms with van der Waals surface area (Å²) in [6.45, 7) is 4.90. The van der Waals surface area contributed by atoms with Crippen molar-refractivity contribution in [3.63, 3.8) is 0 Å². The summed E-state index contributed by atoms with van der Waals surface area (Å²) in [5.41, 5.74) is -3.70. The number of hydrogen-bond donors (Lipinski definition) is 2. The molecule has 0 aliphatic carbocycles. The Morgan fingerprint density at radius 2 is 1.82 bits per heavy atom. The molecule has 1 aromatic heterocycles. The van der Waals surface area contributed by atoms with Gasteiger partial charge in [0.05, 0.1) is 21.8 Å². The summed E-state index contributed by atoms with van der Waals surface area (Å²) in [5, 5.41) is 6.35. The van der Waals surface area contributed by atoms with E-state index in [-0.39, 0.29) is 40.1 Å². The van der Waals surface area contributed by atoms with Crippen molar-refractivity contribution < 1.29 is 26.7 Å². The van der Waals surface area contributed by atoms with E-state index < -0.39 is 34.5 Å². The molecule has 3 rings (SSSR count). The number of hydrogen-bond acceptors (Lipinski definition) is 3. The van der Waals surface area contributed by atoms with Crippen LogP contribution in [0.4, 0.5) is 22.0 Å². The highest BCUT2D eigenvalue weighted by molar-refractivity contribution is 6.33. The molecular weight excluding hydrogens is 471 g/mol. The number of nitrogens with zero attached hydrogens (tertiary/aromatic N) is 2. The number of nitrogens with one attached hydrogen (secondary N) is 2. The third kappa shape index (κ3) is 5.08. The summed E-state index contributed by atoms with van der Waals surface area (Å²) in [6, 6.07) is 4.51. The molecular formula is C21H18ClF5N4O2. The first kappa shape index (κ1) is 24.4. The molecule has 0 aliphatic heterocycles. The lowest BCUT2D eigenvalue weighted by Gasteiger charge is -2.18. The zero-order chi connectivity index (χ0) is 24.7. The van der Waals surface area contributed by atoms with Gasteiger partial charge in [0.1, 0.15) is 11.6 Å². The Morgan fingerprint density at radius 3 is 2.39 bits per heavy atom. The van der Waals surface area contributed by atoms with Crippen LogP contribution in [0.5, 0.6) is 0 Å². The molecule has 0 saturated heterocycles. The molecule has 3 aromatic rings. The number of H-pyrrole nitrogens is 1. The Kier molecular flexibility index (Phi) is 6.38. The minimum absolute atomic E-state index is 0.0583. The monoisotopic (exact) mass is 488 g/mol. The lowest BCUT2D eigenvalue weighted by atomic mass is 9.95. The van der Waals surface area contributed by atoms with E-state index in [2.05, 4.69) is 15.4 Å². The van der Waals surface area contributed by atoms with Gasteiger partial charge in [0, 0.05) is 23.6 Å². The second kappa shape index (κ2) is 8.62. The lowest BCUT2D eigenvalue weighted by molar-refractivity contribution is -0.140. The molecule has 0 atom stereocenters. The van der Waals surface area contributed by atoms with Gasteiger partial charge in [-0.3, -0.25) is 9.78 Å². The first-order chi connectivity index (χ1) is 15.2. The Labute approximate surface area is 189 Å². The van der Waals surface area contributed by atoms with Crippen LogP contribution in [-0.2, 0) is 17.5 Å². The third-order valence-corrected chi connectivity index (χ3v) is 4.96. The summed E-state index contributed by atoms with van der Waals surface area (Å²) < 4.78 is 68.0. The van der Waals surface area contributed by atoms with Crippen molar-refractivity contribution >= 4 is 17.5 Å². The zero-order valence-electron chi connectivity index (χ0n) is 17.6. The van der Waals surface area contributed by atoms with Crippen LogP contribution in [0.25, 0.3) is 17.1 Å². The summed E-state index contributed by atoms with van der Waals surface area (Å²) >= 11 is 6.09. The SMILES string of the molecule is CC(C)(C)C(=O)NCc1ccc(Cl)c(-c2nn(-c3ccc(C(F)(F)F)c(F)c3)c(=O)[nH]2)c1F. The van der Waals surface area contributed by atoms with Crippen molar-refractivity contribution in [2.24, 2.45) is 5.41 Å². The summed E-state index contributed by atoms with van der Waals surface area (Å²) in [7, 11) is 0. The number of aromatic nitrogens is 3. The standard InChI is InChI=1S/C21H18ClF5N4O2/c1-20(2,3)18(32)28-9-10-4-7-13(22)15(16(10)24)17-29-19(33)31(30-17)11-5-6-12(14(23)8-11)21(25,26)27/h4-8H,9H2,1-3H3,(H,28,32)(H,29,30,33). The molecule has 33 heavy (non-hydrogen) atoms. The van der Waals surface area contributed by atoms with E-state index in [0.717, 1.165) is 6.07 Å². The lowest BCUT2D eigenvalue weighted by Crippen LogP contribution is -2.34. The maximum absolute atomic E-state index is 15.2. The van der Waals surface area contributed by atoms with Crippen LogP contribution >= 0.6 is 11.6 Å². The van der Waals surface area contributed by atoms with Gasteiger partial charge in [-0.25, -0.2) is 13.6 Å². The smallest absolute Gasteiger partial charge is 0.351 e. The van der Waals surface area contributed by atoms with Gasteiger partial charge in [0.2, 0.25) is 5.91 Å². The molecule has 6 nitrogen and oxygen atoms in total. The molecule has 2 N–H and O–H groups in total. The van der Waals surface area contributed by atoms with Crippen molar-refractivity contribution in [1.29, 1.82) is 0 Å². The molecule has 0 fully saturated rings. The van der Waals surface area contributed by atoms with E-state index in [1.165, 1.54) is 12.1 Å². The molecule has 1 amide bonds. The normalized spacial score (nSPS) is 12.2. The van der Waals surface area contributed by atoms with Gasteiger partial charge < -0.3 is 5.32 Å². The van der Waals surface area contributed by atoms with Gasteiger partial charge in [-0.15, -0.1) is 5.10 Å². The van der Waals surface area contributed by atoms with Crippen LogP contribution in [-0.4, -0.2) is 20.7 Å². The molecule has 0 saturated carbocycles. The predicted octanol–water partition coefficient (Wildman–Crippen LogP) is 4.84. The fraction of sp³-hybridized carbons (Fsp3) is 0.286. The number of carbonyl (C=O) groups excluding carboxylic acids is 1. The second-order valence-electron chi connectivity index (χ2n) is 8.18. The van der Waals surface area contributed by atoms with Crippen molar-refractivity contribution in [3.05, 3.63) is 68.6 Å². The largest absolute Gasteiger partial charge is 0.419 e. The molecule has 176 valence electrons. The summed E-state index contributed by atoms with van der Waals surface area (Å²) in [4.78, 5) is 26.6. The number of alkyl halides is 3. The minimum atomic E-state index is -4.91. The Hall–Kier alpha value is -3.21.